The molecular formula is C20H19Cl2NO. The summed E-state index contributed by atoms with van der Waals surface area (Å²) in [6, 6.07) is 17.9. The van der Waals surface area contributed by atoms with E-state index in [2.05, 4.69) is 30.4 Å². The Labute approximate surface area is 152 Å². The van der Waals surface area contributed by atoms with Crippen LogP contribution in [0.1, 0.15) is 18.1 Å². The summed E-state index contributed by atoms with van der Waals surface area (Å²) in [5.41, 5.74) is 1.96. The molecule has 0 heterocycles. The van der Waals surface area contributed by atoms with Crippen LogP contribution < -0.4 is 10.1 Å². The second-order valence-corrected chi connectivity index (χ2v) is 6.35. The molecule has 4 heteroatoms. The highest BCUT2D eigenvalue weighted by Crippen LogP contribution is 2.31. The molecule has 0 aromatic heterocycles. The molecule has 3 aromatic rings. The third kappa shape index (κ3) is 3.67. The zero-order valence-corrected chi connectivity index (χ0v) is 15.0. The molecule has 0 bridgehead atoms. The first-order valence-electron chi connectivity index (χ1n) is 7.97. The van der Waals surface area contributed by atoms with E-state index in [0.717, 1.165) is 30.0 Å². The molecule has 0 aliphatic heterocycles. The third-order valence-corrected chi connectivity index (χ3v) is 4.69. The minimum absolute atomic E-state index is 0.343. The van der Waals surface area contributed by atoms with Crippen LogP contribution in [-0.4, -0.2) is 6.54 Å². The van der Waals surface area contributed by atoms with Gasteiger partial charge in [0, 0.05) is 27.7 Å². The van der Waals surface area contributed by atoms with E-state index in [4.69, 9.17) is 27.9 Å². The molecule has 0 atom stereocenters. The van der Waals surface area contributed by atoms with Crippen molar-refractivity contribution < 1.29 is 4.74 Å². The van der Waals surface area contributed by atoms with Gasteiger partial charge in [-0.15, -0.1) is 0 Å². The molecule has 0 aliphatic rings. The molecule has 0 amide bonds. The number of benzene rings is 3. The van der Waals surface area contributed by atoms with Crippen LogP contribution in [0.3, 0.4) is 0 Å². The Hall–Kier alpha value is -1.74. The molecular weight excluding hydrogens is 341 g/mol. The van der Waals surface area contributed by atoms with Gasteiger partial charge in [0.1, 0.15) is 12.4 Å². The van der Waals surface area contributed by atoms with Gasteiger partial charge in [-0.2, -0.15) is 0 Å². The fourth-order valence-electron chi connectivity index (χ4n) is 2.70. The molecule has 1 N–H and O–H groups in total. The number of fused-ring (bicyclic) bond motifs is 1. The molecule has 2 nitrogen and oxygen atoms in total. The van der Waals surface area contributed by atoms with Gasteiger partial charge in [-0.3, -0.25) is 0 Å². The number of ether oxygens (including phenoxy) is 1. The lowest BCUT2D eigenvalue weighted by atomic mass is 10.0. The van der Waals surface area contributed by atoms with Gasteiger partial charge in [0.15, 0.2) is 0 Å². The second kappa shape index (κ2) is 7.89. The smallest absolute Gasteiger partial charge is 0.124 e. The number of hydrogen-bond acceptors (Lipinski definition) is 2. The van der Waals surface area contributed by atoms with E-state index < -0.39 is 0 Å². The van der Waals surface area contributed by atoms with Gasteiger partial charge in [-0.1, -0.05) is 66.5 Å². The van der Waals surface area contributed by atoms with E-state index in [0.29, 0.717) is 16.7 Å². The van der Waals surface area contributed by atoms with Gasteiger partial charge in [0.05, 0.1) is 0 Å². The molecule has 0 aliphatic carbocycles. The minimum atomic E-state index is 0.343. The fraction of sp³-hybridized carbons (Fsp3) is 0.200. The van der Waals surface area contributed by atoms with Crippen LogP contribution in [-0.2, 0) is 13.2 Å². The number of halogens is 2. The van der Waals surface area contributed by atoms with Crippen LogP contribution in [0.5, 0.6) is 5.75 Å². The maximum absolute atomic E-state index is 6.24. The van der Waals surface area contributed by atoms with Gasteiger partial charge in [0.2, 0.25) is 0 Å². The summed E-state index contributed by atoms with van der Waals surface area (Å²) in [5.74, 6) is 0.852. The Morgan fingerprint density at radius 3 is 2.38 bits per heavy atom. The van der Waals surface area contributed by atoms with E-state index in [1.807, 2.05) is 36.4 Å². The lowest BCUT2D eigenvalue weighted by Crippen LogP contribution is -2.13. The van der Waals surface area contributed by atoms with Crippen molar-refractivity contribution in [3.05, 3.63) is 75.8 Å². The highest BCUT2D eigenvalue weighted by atomic mass is 35.5. The van der Waals surface area contributed by atoms with Crippen molar-refractivity contribution in [1.82, 2.24) is 5.32 Å². The van der Waals surface area contributed by atoms with E-state index in [1.165, 1.54) is 10.8 Å². The molecule has 3 rings (SSSR count). The van der Waals surface area contributed by atoms with Crippen molar-refractivity contribution in [2.24, 2.45) is 0 Å². The summed E-state index contributed by atoms with van der Waals surface area (Å²) in [6.45, 7) is 4.09. The predicted molar refractivity (Wildman–Crippen MR) is 102 cm³/mol. The predicted octanol–water partition coefficient (Wildman–Crippen LogP) is 5.84. The Bertz CT molecular complexity index is 828. The van der Waals surface area contributed by atoms with Crippen molar-refractivity contribution >= 4 is 34.0 Å². The zero-order chi connectivity index (χ0) is 16.9. The monoisotopic (exact) mass is 359 g/mol. The van der Waals surface area contributed by atoms with Crippen molar-refractivity contribution in [1.29, 1.82) is 0 Å². The Kier molecular flexibility index (Phi) is 5.62. The Morgan fingerprint density at radius 1 is 0.875 bits per heavy atom. The summed E-state index contributed by atoms with van der Waals surface area (Å²) in [5, 5.41) is 7.03. The summed E-state index contributed by atoms with van der Waals surface area (Å²) < 4.78 is 6.08. The van der Waals surface area contributed by atoms with Crippen LogP contribution in [0.15, 0.2) is 54.6 Å². The van der Waals surface area contributed by atoms with Gasteiger partial charge >= 0.3 is 0 Å². The maximum Gasteiger partial charge on any atom is 0.124 e. The summed E-state index contributed by atoms with van der Waals surface area (Å²) in [6.07, 6.45) is 0. The lowest BCUT2D eigenvalue weighted by Gasteiger charge is -2.16. The van der Waals surface area contributed by atoms with Crippen molar-refractivity contribution in [3.8, 4) is 5.75 Å². The minimum Gasteiger partial charge on any atom is -0.488 e. The average molecular weight is 360 g/mol. The fourth-order valence-corrected chi connectivity index (χ4v) is 3.21. The third-order valence-electron chi connectivity index (χ3n) is 3.98. The van der Waals surface area contributed by atoms with E-state index >= 15 is 0 Å². The largest absolute Gasteiger partial charge is 0.488 e. The number of nitrogens with one attached hydrogen (secondary N) is 1. The first-order valence-corrected chi connectivity index (χ1v) is 8.73. The van der Waals surface area contributed by atoms with Crippen molar-refractivity contribution in [3.63, 3.8) is 0 Å². The molecule has 24 heavy (non-hydrogen) atoms. The van der Waals surface area contributed by atoms with Crippen molar-refractivity contribution in [2.75, 3.05) is 6.54 Å². The van der Waals surface area contributed by atoms with E-state index in [9.17, 15) is 0 Å². The topological polar surface area (TPSA) is 21.3 Å². The summed E-state index contributed by atoms with van der Waals surface area (Å²) >= 11 is 12.5. The Balaban J connectivity index is 1.93. The molecule has 0 fully saturated rings. The standard InChI is InChI=1S/C20H19Cl2NO/c1-2-23-12-16-15-7-4-3-6-14(15)10-11-20(16)24-13-17-18(21)8-5-9-19(17)22/h3-11,23H,2,12-13H2,1H3. The average Bonchev–Trinajstić information content (AvgIpc) is 2.60. The van der Waals surface area contributed by atoms with Gasteiger partial charge in [-0.25, -0.2) is 0 Å². The lowest BCUT2D eigenvalue weighted by molar-refractivity contribution is 0.303. The van der Waals surface area contributed by atoms with E-state index in [1.54, 1.807) is 0 Å². The first-order chi connectivity index (χ1) is 11.7. The molecule has 0 radical (unpaired) electrons. The van der Waals surface area contributed by atoms with Gasteiger partial charge in [0.25, 0.3) is 0 Å². The highest BCUT2D eigenvalue weighted by Gasteiger charge is 2.11. The van der Waals surface area contributed by atoms with Crippen LogP contribution in [0.4, 0.5) is 0 Å². The van der Waals surface area contributed by atoms with Gasteiger partial charge in [-0.05, 0) is 35.5 Å². The molecule has 0 spiro atoms. The van der Waals surface area contributed by atoms with Crippen LogP contribution in [0, 0.1) is 0 Å². The second-order valence-electron chi connectivity index (χ2n) is 5.53. The normalized spacial score (nSPS) is 11.0. The molecule has 0 unspecified atom stereocenters. The number of rotatable bonds is 6. The van der Waals surface area contributed by atoms with Crippen LogP contribution in [0.25, 0.3) is 10.8 Å². The molecule has 3 aromatic carbocycles. The van der Waals surface area contributed by atoms with Gasteiger partial charge < -0.3 is 10.1 Å². The number of hydrogen-bond donors (Lipinski definition) is 1. The summed E-state index contributed by atoms with van der Waals surface area (Å²) in [7, 11) is 0. The SMILES string of the molecule is CCNCc1c(OCc2c(Cl)cccc2Cl)ccc2ccccc12. The Morgan fingerprint density at radius 2 is 1.62 bits per heavy atom. The van der Waals surface area contributed by atoms with Crippen LogP contribution >= 0.6 is 23.2 Å². The molecule has 0 saturated heterocycles. The maximum atomic E-state index is 6.24. The van der Waals surface area contributed by atoms with E-state index in [-0.39, 0.29) is 0 Å². The molecule has 0 saturated carbocycles. The van der Waals surface area contributed by atoms with Crippen molar-refractivity contribution in [2.45, 2.75) is 20.1 Å². The summed E-state index contributed by atoms with van der Waals surface area (Å²) in [4.78, 5) is 0. The molecule has 124 valence electrons. The quantitative estimate of drug-likeness (QED) is 0.597. The zero-order valence-electron chi connectivity index (χ0n) is 13.5. The highest BCUT2D eigenvalue weighted by molar-refractivity contribution is 6.35. The first kappa shape index (κ1) is 17.1. The van der Waals surface area contributed by atoms with Crippen LogP contribution in [0.2, 0.25) is 10.0 Å².